The van der Waals surface area contributed by atoms with Gasteiger partial charge in [0.25, 0.3) is 0 Å². The minimum atomic E-state index is 0.196. The van der Waals surface area contributed by atoms with E-state index in [1.54, 1.807) is 0 Å². The standard InChI is InChI=1S/C21H35N3O2/c1-4-26-20-7-5-6-19(16-20)17-24-13-10-18(11-14-24)8-9-21(25)22-12-15-23(2)3/h5-7,16,18H,4,8-15,17H2,1-3H3,(H,22,25). The summed E-state index contributed by atoms with van der Waals surface area (Å²) >= 11 is 0. The van der Waals surface area contributed by atoms with Gasteiger partial charge in [-0.15, -0.1) is 0 Å². The minimum Gasteiger partial charge on any atom is -0.494 e. The first-order valence-corrected chi connectivity index (χ1v) is 9.92. The van der Waals surface area contributed by atoms with Crippen LogP contribution in [-0.2, 0) is 11.3 Å². The Hall–Kier alpha value is -1.59. The zero-order chi connectivity index (χ0) is 18.8. The van der Waals surface area contributed by atoms with E-state index in [1.165, 1.54) is 18.4 Å². The van der Waals surface area contributed by atoms with Gasteiger partial charge in [-0.05, 0) is 77.0 Å². The summed E-state index contributed by atoms with van der Waals surface area (Å²) in [5.41, 5.74) is 1.31. The van der Waals surface area contributed by atoms with E-state index in [1.807, 2.05) is 27.1 Å². The summed E-state index contributed by atoms with van der Waals surface area (Å²) in [4.78, 5) is 16.5. The highest BCUT2D eigenvalue weighted by Gasteiger charge is 2.20. The van der Waals surface area contributed by atoms with Gasteiger partial charge in [-0.1, -0.05) is 12.1 Å². The maximum absolute atomic E-state index is 11.9. The summed E-state index contributed by atoms with van der Waals surface area (Å²) in [6.45, 7) is 7.58. The van der Waals surface area contributed by atoms with E-state index in [2.05, 4.69) is 33.3 Å². The summed E-state index contributed by atoms with van der Waals surface area (Å²) in [6.07, 6.45) is 4.06. The molecule has 0 radical (unpaired) electrons. The molecule has 0 unspecified atom stereocenters. The Morgan fingerprint density at radius 2 is 2.08 bits per heavy atom. The molecule has 0 aromatic heterocycles. The predicted octanol–water partition coefficient (Wildman–Crippen LogP) is 2.76. The zero-order valence-electron chi connectivity index (χ0n) is 16.7. The van der Waals surface area contributed by atoms with Crippen LogP contribution in [-0.4, -0.2) is 62.6 Å². The lowest BCUT2D eigenvalue weighted by Gasteiger charge is -2.32. The average Bonchev–Trinajstić information content (AvgIpc) is 2.61. The van der Waals surface area contributed by atoms with Gasteiger partial charge in [0.05, 0.1) is 6.61 Å². The van der Waals surface area contributed by atoms with Crippen LogP contribution in [0.4, 0.5) is 0 Å². The lowest BCUT2D eigenvalue weighted by Crippen LogP contribution is -2.34. The van der Waals surface area contributed by atoms with Crippen LogP contribution < -0.4 is 10.1 Å². The van der Waals surface area contributed by atoms with Crippen molar-refractivity contribution in [3.8, 4) is 5.75 Å². The Bertz CT molecular complexity index is 540. The molecule has 5 heteroatoms. The van der Waals surface area contributed by atoms with Crippen molar-refractivity contribution in [2.45, 2.75) is 39.2 Å². The Labute approximate surface area is 158 Å². The fraction of sp³-hybridized carbons (Fsp3) is 0.667. The molecule has 2 rings (SSSR count). The van der Waals surface area contributed by atoms with Gasteiger partial charge in [0.15, 0.2) is 0 Å². The van der Waals surface area contributed by atoms with Crippen molar-refractivity contribution in [3.63, 3.8) is 0 Å². The molecule has 1 aliphatic heterocycles. The molecule has 146 valence electrons. The topological polar surface area (TPSA) is 44.8 Å². The number of likely N-dealkylation sites (tertiary alicyclic amines) is 1. The van der Waals surface area contributed by atoms with Gasteiger partial charge >= 0.3 is 0 Å². The van der Waals surface area contributed by atoms with Crippen LogP contribution in [0.25, 0.3) is 0 Å². The number of piperidine rings is 1. The Balaban J connectivity index is 1.64. The molecule has 1 N–H and O–H groups in total. The van der Waals surface area contributed by atoms with E-state index in [0.717, 1.165) is 44.9 Å². The van der Waals surface area contributed by atoms with Crippen LogP contribution in [0.5, 0.6) is 5.75 Å². The van der Waals surface area contributed by atoms with Gasteiger partial charge < -0.3 is 15.0 Å². The van der Waals surface area contributed by atoms with Crippen LogP contribution in [0.2, 0.25) is 0 Å². The van der Waals surface area contributed by atoms with Crippen LogP contribution in [0, 0.1) is 5.92 Å². The van der Waals surface area contributed by atoms with Crippen LogP contribution in [0.15, 0.2) is 24.3 Å². The third-order valence-corrected chi connectivity index (χ3v) is 4.98. The van der Waals surface area contributed by atoms with E-state index in [4.69, 9.17) is 4.74 Å². The van der Waals surface area contributed by atoms with Crippen molar-refractivity contribution >= 4 is 5.91 Å². The van der Waals surface area contributed by atoms with Crippen molar-refractivity contribution < 1.29 is 9.53 Å². The third kappa shape index (κ3) is 7.75. The van der Waals surface area contributed by atoms with Crippen molar-refractivity contribution in [3.05, 3.63) is 29.8 Å². The number of carbonyl (C=O) groups is 1. The molecule has 1 fully saturated rings. The summed E-state index contributed by atoms with van der Waals surface area (Å²) in [6, 6.07) is 8.41. The minimum absolute atomic E-state index is 0.196. The molecule has 0 spiro atoms. The second kappa shape index (κ2) is 11.2. The lowest BCUT2D eigenvalue weighted by molar-refractivity contribution is -0.121. The lowest BCUT2D eigenvalue weighted by atomic mass is 9.92. The molecule has 0 bridgehead atoms. The molecule has 1 amide bonds. The second-order valence-corrected chi connectivity index (χ2v) is 7.49. The first-order chi connectivity index (χ1) is 12.6. The molecular formula is C21H35N3O2. The summed E-state index contributed by atoms with van der Waals surface area (Å²) in [5, 5.41) is 3.01. The fourth-order valence-electron chi connectivity index (χ4n) is 3.43. The molecule has 0 atom stereocenters. The molecular weight excluding hydrogens is 326 g/mol. The van der Waals surface area contributed by atoms with Crippen LogP contribution in [0.1, 0.15) is 38.2 Å². The summed E-state index contributed by atoms with van der Waals surface area (Å²) in [7, 11) is 4.04. The largest absolute Gasteiger partial charge is 0.494 e. The monoisotopic (exact) mass is 361 g/mol. The van der Waals surface area contributed by atoms with Gasteiger partial charge in [-0.2, -0.15) is 0 Å². The van der Waals surface area contributed by atoms with E-state index in [-0.39, 0.29) is 5.91 Å². The van der Waals surface area contributed by atoms with E-state index >= 15 is 0 Å². The molecule has 1 aromatic carbocycles. The number of hydrogen-bond acceptors (Lipinski definition) is 4. The highest BCUT2D eigenvalue weighted by atomic mass is 16.5. The van der Waals surface area contributed by atoms with Gasteiger partial charge in [-0.25, -0.2) is 0 Å². The maximum atomic E-state index is 11.9. The molecule has 5 nitrogen and oxygen atoms in total. The number of nitrogens with zero attached hydrogens (tertiary/aromatic N) is 2. The maximum Gasteiger partial charge on any atom is 0.220 e. The van der Waals surface area contributed by atoms with Gasteiger partial charge in [-0.3, -0.25) is 9.69 Å². The van der Waals surface area contributed by atoms with Gasteiger partial charge in [0.2, 0.25) is 5.91 Å². The quantitative estimate of drug-likeness (QED) is 0.696. The number of carbonyl (C=O) groups excluding carboxylic acids is 1. The summed E-state index contributed by atoms with van der Waals surface area (Å²) in [5.74, 6) is 1.84. The average molecular weight is 362 g/mol. The van der Waals surface area contributed by atoms with Crippen molar-refractivity contribution in [1.82, 2.24) is 15.1 Å². The first-order valence-electron chi connectivity index (χ1n) is 9.92. The normalized spacial score (nSPS) is 16.0. The zero-order valence-corrected chi connectivity index (χ0v) is 16.7. The van der Waals surface area contributed by atoms with Gasteiger partial charge in [0.1, 0.15) is 5.75 Å². The summed E-state index contributed by atoms with van der Waals surface area (Å²) < 4.78 is 5.59. The highest BCUT2D eigenvalue weighted by Crippen LogP contribution is 2.24. The number of amides is 1. The number of benzene rings is 1. The van der Waals surface area contributed by atoms with Crippen molar-refractivity contribution in [2.24, 2.45) is 5.92 Å². The molecule has 0 aliphatic carbocycles. The number of ether oxygens (including phenoxy) is 1. The van der Waals surface area contributed by atoms with E-state index in [0.29, 0.717) is 18.9 Å². The Morgan fingerprint density at radius 1 is 1.31 bits per heavy atom. The number of nitrogens with one attached hydrogen (secondary N) is 1. The van der Waals surface area contributed by atoms with Crippen LogP contribution in [0.3, 0.4) is 0 Å². The molecule has 1 saturated heterocycles. The molecule has 1 aromatic rings. The first kappa shape index (κ1) is 20.7. The number of likely N-dealkylation sites (N-methyl/N-ethyl adjacent to an activating group) is 1. The number of rotatable bonds is 10. The predicted molar refractivity (Wildman–Crippen MR) is 106 cm³/mol. The van der Waals surface area contributed by atoms with Crippen molar-refractivity contribution in [1.29, 1.82) is 0 Å². The Morgan fingerprint density at radius 3 is 2.77 bits per heavy atom. The van der Waals surface area contributed by atoms with Gasteiger partial charge in [0, 0.05) is 26.1 Å². The molecule has 26 heavy (non-hydrogen) atoms. The van der Waals surface area contributed by atoms with Crippen molar-refractivity contribution in [2.75, 3.05) is 46.9 Å². The third-order valence-electron chi connectivity index (χ3n) is 4.98. The molecule has 1 aliphatic rings. The fourth-order valence-corrected chi connectivity index (χ4v) is 3.43. The number of hydrogen-bond donors (Lipinski definition) is 1. The van der Waals surface area contributed by atoms with Crippen LogP contribution >= 0.6 is 0 Å². The molecule has 1 heterocycles. The van der Waals surface area contributed by atoms with E-state index in [9.17, 15) is 4.79 Å². The Kier molecular flexibility index (Phi) is 8.92. The SMILES string of the molecule is CCOc1cccc(CN2CCC(CCC(=O)NCCN(C)C)CC2)c1. The molecule has 0 saturated carbocycles. The highest BCUT2D eigenvalue weighted by molar-refractivity contribution is 5.75. The second-order valence-electron chi connectivity index (χ2n) is 7.49. The smallest absolute Gasteiger partial charge is 0.220 e. The van der Waals surface area contributed by atoms with E-state index < -0.39 is 0 Å².